The first kappa shape index (κ1) is 27.8. The number of benzene rings is 3. The summed E-state index contributed by atoms with van der Waals surface area (Å²) in [6, 6.07) is 23.4. The number of nitrogens with one attached hydrogen (secondary N) is 4. The summed E-state index contributed by atoms with van der Waals surface area (Å²) in [7, 11) is 6.02. The van der Waals surface area contributed by atoms with Gasteiger partial charge in [-0.25, -0.2) is 4.98 Å². The average molecular weight is 562 g/mol. The first-order chi connectivity index (χ1) is 18.4. The summed E-state index contributed by atoms with van der Waals surface area (Å²) in [6.45, 7) is 0. The van der Waals surface area contributed by atoms with E-state index in [2.05, 4.69) is 44.0 Å². The number of halogens is 2. The minimum atomic E-state index is -0.176. The molecule has 9 heteroatoms. The molecule has 3 aromatic carbocycles. The van der Waals surface area contributed by atoms with Crippen molar-refractivity contribution in [2.75, 3.05) is 42.0 Å². The van der Waals surface area contributed by atoms with E-state index in [0.717, 1.165) is 33.7 Å². The number of rotatable bonds is 7. The van der Waals surface area contributed by atoms with Gasteiger partial charge in [-0.1, -0.05) is 17.7 Å². The fourth-order valence-corrected chi connectivity index (χ4v) is 4.42. The van der Waals surface area contributed by atoms with Crippen molar-refractivity contribution in [3.8, 4) is 0 Å². The van der Waals surface area contributed by atoms with Gasteiger partial charge in [0.25, 0.3) is 5.91 Å². The van der Waals surface area contributed by atoms with Crippen LogP contribution in [-0.4, -0.2) is 38.1 Å². The molecular weight excluding hydrogens is 531 g/mol. The summed E-state index contributed by atoms with van der Waals surface area (Å²) in [5.41, 5.74) is 6.20. The Morgan fingerprint density at radius 3 is 2.51 bits per heavy atom. The molecule has 0 spiro atoms. The molecule has 7 nitrogen and oxygen atoms in total. The number of likely N-dealkylation sites (N-methyl/N-ethyl adjacent to an activating group) is 1. The number of fused-ring (bicyclic) bond motifs is 1. The van der Waals surface area contributed by atoms with Gasteiger partial charge in [-0.2, -0.15) is 0 Å². The fourth-order valence-electron chi connectivity index (χ4n) is 4.25. The second kappa shape index (κ2) is 12.1. The van der Waals surface area contributed by atoms with Crippen LogP contribution < -0.4 is 38.2 Å². The first-order valence-electron chi connectivity index (χ1n) is 12.3. The lowest BCUT2D eigenvalue weighted by Crippen LogP contribution is -3.00. The molecule has 1 aliphatic rings. The second-order valence-corrected chi connectivity index (χ2v) is 9.81. The van der Waals surface area contributed by atoms with Crippen molar-refractivity contribution in [3.63, 3.8) is 0 Å². The van der Waals surface area contributed by atoms with Crippen molar-refractivity contribution < 1.29 is 22.2 Å². The third-order valence-corrected chi connectivity index (χ3v) is 6.64. The highest BCUT2D eigenvalue weighted by molar-refractivity contribution is 6.31. The lowest BCUT2D eigenvalue weighted by molar-refractivity contribution is -0.344. The molecule has 0 saturated carbocycles. The molecule has 200 valence electrons. The summed E-state index contributed by atoms with van der Waals surface area (Å²) in [6.07, 6.45) is 7.54. The highest BCUT2D eigenvalue weighted by Crippen LogP contribution is 2.27. The summed E-state index contributed by atoms with van der Waals surface area (Å²) in [4.78, 5) is 20.3. The third kappa shape index (κ3) is 6.63. The molecule has 0 saturated heterocycles. The van der Waals surface area contributed by atoms with Crippen LogP contribution in [0, 0.1) is 0 Å². The molecule has 4 N–H and O–H groups in total. The summed E-state index contributed by atoms with van der Waals surface area (Å²) >= 11 is 6.15. The van der Waals surface area contributed by atoms with Crippen LogP contribution in [-0.2, 0) is 0 Å². The van der Waals surface area contributed by atoms with Gasteiger partial charge in [0.15, 0.2) is 6.20 Å². The largest absolute Gasteiger partial charge is 1.00 e. The number of aromatic amines is 1. The Kier molecular flexibility index (Phi) is 8.64. The Morgan fingerprint density at radius 2 is 1.74 bits per heavy atom. The predicted molar refractivity (Wildman–Crippen MR) is 157 cm³/mol. The Balaban J connectivity index is 0.00000353. The zero-order valence-corrected chi connectivity index (χ0v) is 23.4. The van der Waals surface area contributed by atoms with Gasteiger partial charge in [0.2, 0.25) is 5.52 Å². The first-order valence-corrected chi connectivity index (χ1v) is 12.7. The molecule has 0 bridgehead atoms. The van der Waals surface area contributed by atoms with Crippen LogP contribution in [0.3, 0.4) is 0 Å². The monoisotopic (exact) mass is 560 g/mol. The number of amides is 1. The Bertz CT molecular complexity index is 1530. The van der Waals surface area contributed by atoms with Crippen molar-refractivity contribution in [1.82, 2.24) is 4.90 Å². The zero-order valence-electron chi connectivity index (χ0n) is 21.9. The van der Waals surface area contributed by atoms with Gasteiger partial charge >= 0.3 is 0 Å². The second-order valence-electron chi connectivity index (χ2n) is 9.37. The lowest BCUT2D eigenvalue weighted by atomic mass is 10.1. The number of nitrogens with zero attached hydrogens (tertiary/aromatic N) is 2. The van der Waals surface area contributed by atoms with E-state index in [4.69, 9.17) is 11.6 Å². The quantitative estimate of drug-likeness (QED) is 0.324. The number of allylic oxidation sites excluding steroid dienone is 2. The molecule has 1 aliphatic heterocycles. The maximum atomic E-state index is 12.9. The Labute approximate surface area is 239 Å². The Morgan fingerprint density at radius 1 is 0.974 bits per heavy atom. The maximum absolute atomic E-state index is 12.9. The number of pyridine rings is 1. The summed E-state index contributed by atoms with van der Waals surface area (Å²) in [5.74, 6) is -0.176. The third-order valence-electron chi connectivity index (χ3n) is 6.38. The van der Waals surface area contributed by atoms with Crippen LogP contribution >= 0.6 is 11.6 Å². The zero-order chi connectivity index (χ0) is 26.6. The molecule has 1 unspecified atom stereocenters. The molecule has 5 rings (SSSR count). The van der Waals surface area contributed by atoms with Gasteiger partial charge in [0.05, 0.1) is 11.1 Å². The van der Waals surface area contributed by atoms with Gasteiger partial charge in [-0.3, -0.25) is 4.79 Å². The molecule has 1 aromatic heterocycles. The van der Waals surface area contributed by atoms with Crippen molar-refractivity contribution in [1.29, 1.82) is 0 Å². The summed E-state index contributed by atoms with van der Waals surface area (Å²) in [5, 5.41) is 11.6. The molecule has 0 aliphatic carbocycles. The molecule has 39 heavy (non-hydrogen) atoms. The topological polar surface area (TPSA) is 73.8 Å². The van der Waals surface area contributed by atoms with Crippen molar-refractivity contribution in [3.05, 3.63) is 108 Å². The molecule has 1 atom stereocenters. The number of aromatic nitrogens is 1. The minimum Gasteiger partial charge on any atom is -1.00 e. The van der Waals surface area contributed by atoms with Gasteiger partial charge < -0.3 is 38.2 Å². The van der Waals surface area contributed by atoms with Crippen molar-refractivity contribution in [2.45, 2.75) is 6.17 Å². The van der Waals surface area contributed by atoms with E-state index in [1.165, 1.54) is 0 Å². The molecule has 4 aromatic rings. The molecule has 2 heterocycles. The van der Waals surface area contributed by atoms with Crippen LogP contribution in [0.5, 0.6) is 0 Å². The molecule has 1 amide bonds. The van der Waals surface area contributed by atoms with Gasteiger partial charge in [0.1, 0.15) is 6.17 Å². The minimum absolute atomic E-state index is 0. The van der Waals surface area contributed by atoms with Crippen molar-refractivity contribution in [2.24, 2.45) is 0 Å². The smallest absolute Gasteiger partial charge is 0.255 e. The number of anilines is 5. The van der Waals surface area contributed by atoms with E-state index >= 15 is 0 Å². The van der Waals surface area contributed by atoms with Gasteiger partial charge in [0, 0.05) is 72.8 Å². The highest BCUT2D eigenvalue weighted by atomic mass is 35.5. The van der Waals surface area contributed by atoms with Crippen LogP contribution in [0.15, 0.2) is 102 Å². The van der Waals surface area contributed by atoms with E-state index in [-0.39, 0.29) is 24.5 Å². The lowest BCUT2D eigenvalue weighted by Gasteiger charge is -2.28. The SMILES string of the molecule is CN(C)c1ccc2c(Nc3ccc(C(=O)Nc4cccc(NC5C=C(Cl)C=CN5C)c4)cc3)cc[nH+]c2c1.[Cl-]. The van der Waals surface area contributed by atoms with E-state index in [0.29, 0.717) is 16.3 Å². The van der Waals surface area contributed by atoms with E-state index in [1.807, 2.05) is 105 Å². The number of carbonyl (C=O) groups is 1. The Hall–Kier alpha value is -4.20. The number of H-pyrrole nitrogens is 1. The number of hydrogen-bond donors (Lipinski definition) is 3. The number of carbonyl (C=O) groups excluding carboxylic acids is 1. The van der Waals surface area contributed by atoms with Crippen LogP contribution in [0.25, 0.3) is 10.9 Å². The highest BCUT2D eigenvalue weighted by Gasteiger charge is 2.14. The average Bonchev–Trinajstić information content (AvgIpc) is 2.91. The van der Waals surface area contributed by atoms with E-state index in [9.17, 15) is 4.79 Å². The van der Waals surface area contributed by atoms with Gasteiger partial charge in [-0.15, -0.1) is 0 Å². The molecular formula is C30H30Cl2N6O. The van der Waals surface area contributed by atoms with Crippen LogP contribution in [0.1, 0.15) is 10.4 Å². The van der Waals surface area contributed by atoms with Crippen molar-refractivity contribution >= 4 is 56.8 Å². The van der Waals surface area contributed by atoms with Crippen LogP contribution in [0.4, 0.5) is 28.4 Å². The molecule has 0 fully saturated rings. The number of hydrogen-bond acceptors (Lipinski definition) is 5. The van der Waals surface area contributed by atoms with E-state index in [1.54, 1.807) is 0 Å². The fraction of sp³-hybridized carbons (Fsp3) is 0.133. The van der Waals surface area contributed by atoms with Crippen LogP contribution in [0.2, 0.25) is 0 Å². The van der Waals surface area contributed by atoms with E-state index < -0.39 is 0 Å². The standard InChI is InChI=1S/C30H29ClN6O.ClH/c1-36(2)25-11-12-26-27(13-15-32-28(26)19-25)33-22-9-7-20(8-10-22)30(38)35-24-6-4-5-23(18-24)34-29-17-21(31)14-16-37(29)3;/h4-19,29,34H,1-3H3,(H,32,33)(H,35,38);1H. The summed E-state index contributed by atoms with van der Waals surface area (Å²) < 4.78 is 0. The normalized spacial score (nSPS) is 14.3. The van der Waals surface area contributed by atoms with Gasteiger partial charge in [-0.05, 0) is 66.7 Å². The maximum Gasteiger partial charge on any atom is 0.255 e. The molecule has 0 radical (unpaired) electrons. The predicted octanol–water partition coefficient (Wildman–Crippen LogP) is 3.04.